The average Bonchev–Trinajstić information content (AvgIpc) is 2.26. The third-order valence-corrected chi connectivity index (χ3v) is 1.67. The zero-order chi connectivity index (χ0) is 10.9. The molecule has 0 aromatic heterocycles. The summed E-state index contributed by atoms with van der Waals surface area (Å²) >= 11 is 0. The number of hydrogen-bond acceptors (Lipinski definition) is 3. The molecule has 1 rings (SSSR count). The molecule has 0 fully saturated rings. The van der Waals surface area contributed by atoms with E-state index in [0.29, 0.717) is 6.61 Å². The van der Waals surface area contributed by atoms with Crippen molar-refractivity contribution in [2.45, 2.75) is 6.42 Å². The molecule has 0 saturated carbocycles. The van der Waals surface area contributed by atoms with Gasteiger partial charge in [0.1, 0.15) is 19.0 Å². The van der Waals surface area contributed by atoms with E-state index in [1.165, 1.54) is 6.08 Å². The number of carbonyl (C=O) groups is 1. The lowest BCUT2D eigenvalue weighted by Crippen LogP contribution is -2.11. The maximum atomic E-state index is 10.9. The number of ether oxygens (including phenoxy) is 2. The number of hydrogen-bond donors (Lipinski definition) is 0. The largest absolute Gasteiger partial charge is 0.490 e. The van der Waals surface area contributed by atoms with Crippen molar-refractivity contribution in [3.63, 3.8) is 0 Å². The average molecular weight is 206 g/mol. The van der Waals surface area contributed by atoms with E-state index in [4.69, 9.17) is 9.47 Å². The second-order valence-corrected chi connectivity index (χ2v) is 2.87. The van der Waals surface area contributed by atoms with E-state index >= 15 is 0 Å². The number of benzene rings is 1. The monoisotopic (exact) mass is 206 g/mol. The van der Waals surface area contributed by atoms with Crippen LogP contribution in [-0.4, -0.2) is 19.2 Å². The van der Waals surface area contributed by atoms with Gasteiger partial charge in [-0.1, -0.05) is 24.3 Å². The zero-order valence-electron chi connectivity index (χ0n) is 8.52. The first-order chi connectivity index (χ1) is 7.33. The number of esters is 1. The van der Waals surface area contributed by atoms with E-state index in [1.807, 2.05) is 30.3 Å². The molecule has 3 nitrogen and oxygen atoms in total. The Balaban J connectivity index is 2.12. The summed E-state index contributed by atoms with van der Waals surface area (Å²) in [6, 6.07) is 9.40. The van der Waals surface area contributed by atoms with Crippen LogP contribution < -0.4 is 4.74 Å². The summed E-state index contributed by atoms with van der Waals surface area (Å²) in [6.45, 7) is 4.08. The van der Waals surface area contributed by atoms with Crippen LogP contribution >= 0.6 is 0 Å². The van der Waals surface area contributed by atoms with Gasteiger partial charge in [0.05, 0.1) is 6.42 Å². The van der Waals surface area contributed by atoms with Crippen LogP contribution in [0.5, 0.6) is 5.75 Å². The van der Waals surface area contributed by atoms with Gasteiger partial charge in [0, 0.05) is 0 Å². The maximum absolute atomic E-state index is 10.9. The summed E-state index contributed by atoms with van der Waals surface area (Å²) in [5.41, 5.74) is 0. The first kappa shape index (κ1) is 11.3. The highest BCUT2D eigenvalue weighted by molar-refractivity contribution is 5.70. The van der Waals surface area contributed by atoms with Crippen LogP contribution in [0.25, 0.3) is 0 Å². The van der Waals surface area contributed by atoms with Crippen molar-refractivity contribution >= 4 is 5.97 Å². The Morgan fingerprint density at radius 2 is 2.00 bits per heavy atom. The first-order valence-electron chi connectivity index (χ1n) is 4.77. The molecule has 1 aromatic carbocycles. The third-order valence-electron chi connectivity index (χ3n) is 1.67. The number of rotatable bonds is 6. The van der Waals surface area contributed by atoms with Gasteiger partial charge in [0.2, 0.25) is 0 Å². The van der Waals surface area contributed by atoms with E-state index in [0.717, 1.165) is 5.75 Å². The van der Waals surface area contributed by atoms with Crippen molar-refractivity contribution in [2.75, 3.05) is 13.2 Å². The summed E-state index contributed by atoms with van der Waals surface area (Å²) < 4.78 is 10.2. The fourth-order valence-corrected chi connectivity index (χ4v) is 1.01. The Morgan fingerprint density at radius 1 is 1.27 bits per heavy atom. The van der Waals surface area contributed by atoms with Crippen molar-refractivity contribution in [1.29, 1.82) is 0 Å². The molecule has 0 radical (unpaired) electrons. The standard InChI is InChI=1S/C12H14O3/c1-2-6-12(13)15-10-9-14-11-7-4-3-5-8-11/h2-5,7-8H,1,6,9-10H2. The van der Waals surface area contributed by atoms with Crippen LogP contribution in [0, 0.1) is 0 Å². The minimum Gasteiger partial charge on any atom is -0.490 e. The lowest BCUT2D eigenvalue weighted by Gasteiger charge is -2.06. The SMILES string of the molecule is C=CCC(=O)OCCOc1ccccc1. The van der Waals surface area contributed by atoms with Crippen molar-refractivity contribution in [3.05, 3.63) is 43.0 Å². The van der Waals surface area contributed by atoms with Crippen LogP contribution in [0.2, 0.25) is 0 Å². The van der Waals surface area contributed by atoms with Gasteiger partial charge < -0.3 is 9.47 Å². The van der Waals surface area contributed by atoms with Crippen molar-refractivity contribution in [1.82, 2.24) is 0 Å². The molecule has 0 spiro atoms. The second-order valence-electron chi connectivity index (χ2n) is 2.87. The molecular weight excluding hydrogens is 192 g/mol. The van der Waals surface area contributed by atoms with E-state index in [-0.39, 0.29) is 19.0 Å². The molecule has 1 aromatic rings. The van der Waals surface area contributed by atoms with Gasteiger partial charge in [-0.3, -0.25) is 4.79 Å². The maximum Gasteiger partial charge on any atom is 0.309 e. The molecule has 0 atom stereocenters. The molecule has 0 aliphatic rings. The van der Waals surface area contributed by atoms with Crippen LogP contribution in [-0.2, 0) is 9.53 Å². The van der Waals surface area contributed by atoms with E-state index in [9.17, 15) is 4.79 Å². The van der Waals surface area contributed by atoms with Crippen LogP contribution in [0.4, 0.5) is 0 Å². The molecule has 0 aliphatic carbocycles. The molecule has 3 heteroatoms. The summed E-state index contributed by atoms with van der Waals surface area (Å²) in [5.74, 6) is 0.499. The first-order valence-corrected chi connectivity index (χ1v) is 4.77. The molecule has 0 unspecified atom stereocenters. The quantitative estimate of drug-likeness (QED) is 0.406. The molecule has 0 saturated heterocycles. The number of carbonyl (C=O) groups excluding carboxylic acids is 1. The molecule has 15 heavy (non-hydrogen) atoms. The van der Waals surface area contributed by atoms with Gasteiger partial charge in [-0.05, 0) is 12.1 Å². The summed E-state index contributed by atoms with van der Waals surface area (Å²) in [4.78, 5) is 10.9. The Hall–Kier alpha value is -1.77. The van der Waals surface area contributed by atoms with Crippen molar-refractivity contribution < 1.29 is 14.3 Å². The normalized spacial score (nSPS) is 9.33. The highest BCUT2D eigenvalue weighted by Crippen LogP contribution is 2.07. The Kier molecular flexibility index (Phi) is 5.01. The predicted molar refractivity (Wildman–Crippen MR) is 57.7 cm³/mol. The minimum absolute atomic E-state index is 0.241. The summed E-state index contributed by atoms with van der Waals surface area (Å²) in [6.07, 6.45) is 1.76. The van der Waals surface area contributed by atoms with E-state index in [2.05, 4.69) is 6.58 Å². The van der Waals surface area contributed by atoms with E-state index < -0.39 is 0 Å². The Morgan fingerprint density at radius 3 is 2.67 bits per heavy atom. The summed E-state index contributed by atoms with van der Waals surface area (Å²) in [5, 5.41) is 0. The van der Waals surface area contributed by atoms with Gasteiger partial charge in [-0.25, -0.2) is 0 Å². The van der Waals surface area contributed by atoms with Crippen molar-refractivity contribution in [2.24, 2.45) is 0 Å². The van der Waals surface area contributed by atoms with Crippen LogP contribution in [0.1, 0.15) is 6.42 Å². The van der Waals surface area contributed by atoms with Gasteiger partial charge in [-0.2, -0.15) is 0 Å². The molecule has 0 aliphatic heterocycles. The van der Waals surface area contributed by atoms with Gasteiger partial charge >= 0.3 is 5.97 Å². The predicted octanol–water partition coefficient (Wildman–Crippen LogP) is 2.18. The lowest BCUT2D eigenvalue weighted by atomic mass is 10.3. The highest BCUT2D eigenvalue weighted by Gasteiger charge is 1.98. The molecule has 80 valence electrons. The second kappa shape index (κ2) is 6.65. The summed E-state index contributed by atoms with van der Waals surface area (Å²) in [7, 11) is 0. The Labute approximate surface area is 89.3 Å². The Bertz CT molecular complexity index is 306. The highest BCUT2D eigenvalue weighted by atomic mass is 16.6. The van der Waals surface area contributed by atoms with Gasteiger partial charge in [-0.15, -0.1) is 6.58 Å². The van der Waals surface area contributed by atoms with E-state index in [1.54, 1.807) is 0 Å². The fraction of sp³-hybridized carbons (Fsp3) is 0.250. The number of para-hydroxylation sites is 1. The van der Waals surface area contributed by atoms with Gasteiger partial charge in [0.25, 0.3) is 0 Å². The molecular formula is C12H14O3. The smallest absolute Gasteiger partial charge is 0.309 e. The zero-order valence-corrected chi connectivity index (χ0v) is 8.52. The molecule has 0 amide bonds. The van der Waals surface area contributed by atoms with Gasteiger partial charge in [0.15, 0.2) is 0 Å². The topological polar surface area (TPSA) is 35.5 Å². The molecule has 0 heterocycles. The lowest BCUT2D eigenvalue weighted by molar-refractivity contribution is -0.143. The fourth-order valence-electron chi connectivity index (χ4n) is 1.01. The molecule has 0 N–H and O–H groups in total. The van der Waals surface area contributed by atoms with Crippen LogP contribution in [0.15, 0.2) is 43.0 Å². The van der Waals surface area contributed by atoms with Crippen LogP contribution in [0.3, 0.4) is 0 Å². The third kappa shape index (κ3) is 4.86. The minimum atomic E-state index is -0.276. The van der Waals surface area contributed by atoms with Crippen molar-refractivity contribution in [3.8, 4) is 5.75 Å². The molecule has 0 bridgehead atoms.